The summed E-state index contributed by atoms with van der Waals surface area (Å²) in [5, 5.41) is 3.20. The van der Waals surface area contributed by atoms with Crippen LogP contribution in [0.1, 0.15) is 36.0 Å². The summed E-state index contributed by atoms with van der Waals surface area (Å²) in [6.45, 7) is 2.39. The van der Waals surface area contributed by atoms with Crippen LogP contribution in [-0.4, -0.2) is 42.8 Å². The third-order valence-electron chi connectivity index (χ3n) is 5.08. The van der Waals surface area contributed by atoms with E-state index in [0.717, 1.165) is 19.4 Å². The van der Waals surface area contributed by atoms with Gasteiger partial charge in [0.2, 0.25) is 5.91 Å². The van der Waals surface area contributed by atoms with Gasteiger partial charge >= 0.3 is 0 Å². The fourth-order valence-corrected chi connectivity index (χ4v) is 3.66. The van der Waals surface area contributed by atoms with Crippen molar-refractivity contribution < 1.29 is 22.8 Å². The van der Waals surface area contributed by atoms with Crippen molar-refractivity contribution >= 4 is 24.1 Å². The van der Waals surface area contributed by atoms with E-state index in [2.05, 4.69) is 5.32 Å². The number of halogens is 4. The molecule has 1 atom stereocenters. The molecule has 3 rings (SSSR count). The summed E-state index contributed by atoms with van der Waals surface area (Å²) >= 11 is 0. The molecular weight excluding hydrogens is 369 g/mol. The molecule has 2 aliphatic rings. The van der Waals surface area contributed by atoms with Crippen molar-refractivity contribution in [3.63, 3.8) is 0 Å². The average molecular weight is 391 g/mol. The lowest BCUT2D eigenvalue weighted by Gasteiger charge is -2.35. The third kappa shape index (κ3) is 4.38. The summed E-state index contributed by atoms with van der Waals surface area (Å²) in [4.78, 5) is 26.6. The lowest BCUT2D eigenvalue weighted by molar-refractivity contribution is -0.137. The molecule has 1 aromatic rings. The van der Waals surface area contributed by atoms with E-state index < -0.39 is 34.7 Å². The van der Waals surface area contributed by atoms with E-state index in [4.69, 9.17) is 0 Å². The lowest BCUT2D eigenvalue weighted by Crippen LogP contribution is -2.46. The molecule has 0 bridgehead atoms. The first kappa shape index (κ1) is 20.7. The van der Waals surface area contributed by atoms with Crippen molar-refractivity contribution in [1.29, 1.82) is 0 Å². The highest BCUT2D eigenvalue weighted by molar-refractivity contribution is 5.98. The number of amides is 1. The van der Waals surface area contributed by atoms with Crippen LogP contribution in [0.5, 0.6) is 0 Å². The quantitative estimate of drug-likeness (QED) is 0.807. The molecule has 0 radical (unpaired) electrons. The number of hydrogen-bond acceptors (Lipinski definition) is 3. The highest BCUT2D eigenvalue weighted by Gasteiger charge is 2.33. The Labute approximate surface area is 156 Å². The Balaban J connectivity index is 0.00000243. The number of nitrogens with zero attached hydrogens (tertiary/aromatic N) is 1. The molecule has 2 saturated heterocycles. The lowest BCUT2D eigenvalue weighted by atomic mass is 9.87. The van der Waals surface area contributed by atoms with Gasteiger partial charge in [-0.2, -0.15) is 0 Å². The predicted molar refractivity (Wildman–Crippen MR) is 92.8 cm³/mol. The van der Waals surface area contributed by atoms with Gasteiger partial charge in [0, 0.05) is 37.7 Å². The van der Waals surface area contributed by atoms with Crippen molar-refractivity contribution in [2.75, 3.05) is 26.2 Å². The second-order valence-electron chi connectivity index (χ2n) is 6.75. The number of hydrogen-bond donors (Lipinski definition) is 1. The summed E-state index contributed by atoms with van der Waals surface area (Å²) in [6, 6.07) is 1.04. The Morgan fingerprint density at radius 1 is 1.00 bits per heavy atom. The van der Waals surface area contributed by atoms with Gasteiger partial charge in [0.1, 0.15) is 17.5 Å². The van der Waals surface area contributed by atoms with E-state index >= 15 is 0 Å². The smallest absolute Gasteiger partial charge is 0.226 e. The molecule has 1 unspecified atom stereocenters. The van der Waals surface area contributed by atoms with Crippen LogP contribution in [0.2, 0.25) is 0 Å². The second-order valence-corrected chi connectivity index (χ2v) is 6.75. The van der Waals surface area contributed by atoms with E-state index in [1.807, 2.05) is 0 Å². The van der Waals surface area contributed by atoms with E-state index in [0.29, 0.717) is 44.6 Å². The van der Waals surface area contributed by atoms with Crippen LogP contribution in [-0.2, 0) is 4.79 Å². The third-order valence-corrected chi connectivity index (χ3v) is 5.08. The summed E-state index contributed by atoms with van der Waals surface area (Å²) in [5.74, 6) is -4.55. The van der Waals surface area contributed by atoms with Gasteiger partial charge in [-0.25, -0.2) is 13.2 Å². The van der Waals surface area contributed by atoms with Gasteiger partial charge < -0.3 is 10.2 Å². The number of piperidine rings is 2. The molecule has 2 aliphatic heterocycles. The number of likely N-dealkylation sites (tertiary alicyclic amines) is 1. The molecule has 0 saturated carbocycles. The number of Topliss-reactive ketones (excluding diaryl/α,β-unsaturated/α-hetero) is 1. The molecule has 0 spiro atoms. The van der Waals surface area contributed by atoms with Crippen LogP contribution in [0.3, 0.4) is 0 Å². The van der Waals surface area contributed by atoms with Crippen LogP contribution in [0.15, 0.2) is 12.1 Å². The van der Waals surface area contributed by atoms with Crippen molar-refractivity contribution in [2.24, 2.45) is 11.8 Å². The van der Waals surface area contributed by atoms with Gasteiger partial charge in [0.05, 0.1) is 11.5 Å². The van der Waals surface area contributed by atoms with Crippen LogP contribution < -0.4 is 5.32 Å². The SMILES string of the molecule is Cl.O=C(c1c(F)cc(F)cc1F)C1CCN(C(=O)C2CCCNC2)CC1. The molecule has 4 nitrogen and oxygen atoms in total. The number of carbonyl (C=O) groups excluding carboxylic acids is 2. The van der Waals surface area contributed by atoms with E-state index in [1.165, 1.54) is 0 Å². The van der Waals surface area contributed by atoms with Gasteiger partial charge in [-0.15, -0.1) is 12.4 Å². The number of carbonyl (C=O) groups is 2. The monoisotopic (exact) mass is 390 g/mol. The van der Waals surface area contributed by atoms with Crippen molar-refractivity contribution in [3.8, 4) is 0 Å². The summed E-state index contributed by atoms with van der Waals surface area (Å²) in [6.07, 6.45) is 2.55. The molecule has 0 aromatic heterocycles. The molecule has 1 aromatic carbocycles. The summed E-state index contributed by atoms with van der Waals surface area (Å²) in [5.41, 5.74) is -0.678. The van der Waals surface area contributed by atoms with Crippen molar-refractivity contribution in [1.82, 2.24) is 10.2 Å². The molecule has 8 heteroatoms. The normalized spacial score (nSPS) is 21.2. The van der Waals surface area contributed by atoms with Crippen LogP contribution in [0.25, 0.3) is 0 Å². The second kappa shape index (κ2) is 8.86. The first-order chi connectivity index (χ1) is 12.0. The molecule has 1 amide bonds. The van der Waals surface area contributed by atoms with Crippen molar-refractivity contribution in [2.45, 2.75) is 25.7 Å². The Kier molecular flexibility index (Phi) is 7.06. The van der Waals surface area contributed by atoms with E-state index in [-0.39, 0.29) is 24.2 Å². The highest BCUT2D eigenvalue weighted by Crippen LogP contribution is 2.26. The number of ketones is 1. The maximum Gasteiger partial charge on any atom is 0.226 e. The Morgan fingerprint density at radius 2 is 1.62 bits per heavy atom. The van der Waals surface area contributed by atoms with E-state index in [1.54, 1.807) is 4.90 Å². The Bertz CT molecular complexity index is 649. The maximum absolute atomic E-state index is 13.8. The standard InChI is InChI=1S/C18H21F3N2O2.ClH/c19-13-8-14(20)16(15(21)9-13)17(24)11-3-6-23(7-4-11)18(25)12-2-1-5-22-10-12;/h8-9,11-12,22H,1-7,10H2;1H. The summed E-state index contributed by atoms with van der Waals surface area (Å²) < 4.78 is 40.6. The largest absolute Gasteiger partial charge is 0.342 e. The van der Waals surface area contributed by atoms with Gasteiger partial charge in [-0.3, -0.25) is 9.59 Å². The molecule has 144 valence electrons. The minimum Gasteiger partial charge on any atom is -0.342 e. The average Bonchev–Trinajstić information content (AvgIpc) is 2.61. The zero-order chi connectivity index (χ0) is 18.0. The van der Waals surface area contributed by atoms with Gasteiger partial charge in [0.25, 0.3) is 0 Å². The van der Waals surface area contributed by atoms with Crippen LogP contribution >= 0.6 is 12.4 Å². The summed E-state index contributed by atoms with van der Waals surface area (Å²) in [7, 11) is 0. The molecule has 1 N–H and O–H groups in total. The van der Waals surface area contributed by atoms with Gasteiger partial charge in [0.15, 0.2) is 5.78 Å². The van der Waals surface area contributed by atoms with E-state index in [9.17, 15) is 22.8 Å². The molecule has 2 heterocycles. The minimum absolute atomic E-state index is 0. The first-order valence-corrected chi connectivity index (χ1v) is 8.65. The topological polar surface area (TPSA) is 49.4 Å². The Morgan fingerprint density at radius 3 is 2.15 bits per heavy atom. The zero-order valence-corrected chi connectivity index (χ0v) is 15.1. The minimum atomic E-state index is -1.17. The number of benzene rings is 1. The van der Waals surface area contributed by atoms with Crippen LogP contribution in [0, 0.1) is 29.3 Å². The van der Waals surface area contributed by atoms with Gasteiger partial charge in [-0.05, 0) is 32.2 Å². The first-order valence-electron chi connectivity index (χ1n) is 8.65. The predicted octanol–water partition coefficient (Wildman–Crippen LogP) is 2.95. The zero-order valence-electron chi connectivity index (χ0n) is 14.3. The number of rotatable bonds is 3. The Hall–Kier alpha value is -1.60. The molecule has 26 heavy (non-hydrogen) atoms. The highest BCUT2D eigenvalue weighted by atomic mass is 35.5. The fraction of sp³-hybridized carbons (Fsp3) is 0.556. The van der Waals surface area contributed by atoms with Crippen molar-refractivity contribution in [3.05, 3.63) is 35.1 Å². The van der Waals surface area contributed by atoms with Gasteiger partial charge in [-0.1, -0.05) is 0 Å². The number of nitrogens with one attached hydrogen (secondary N) is 1. The fourth-order valence-electron chi connectivity index (χ4n) is 3.66. The molecule has 2 fully saturated rings. The molecule has 0 aliphatic carbocycles. The maximum atomic E-state index is 13.8. The molecular formula is C18H22ClF3N2O2. The van der Waals surface area contributed by atoms with Crippen LogP contribution in [0.4, 0.5) is 13.2 Å².